The number of rotatable bonds is 3. The second kappa shape index (κ2) is 5.62. The van der Waals surface area contributed by atoms with E-state index in [1.807, 2.05) is 13.8 Å². The van der Waals surface area contributed by atoms with Gasteiger partial charge in [0.25, 0.3) is 5.91 Å². The summed E-state index contributed by atoms with van der Waals surface area (Å²) in [5, 5.41) is 0. The summed E-state index contributed by atoms with van der Waals surface area (Å²) in [5.41, 5.74) is 1.84. The van der Waals surface area contributed by atoms with Crippen LogP contribution in [0.15, 0.2) is 29.8 Å². The lowest BCUT2D eigenvalue weighted by Gasteiger charge is -2.21. The summed E-state index contributed by atoms with van der Waals surface area (Å²) < 4.78 is 13.5. The van der Waals surface area contributed by atoms with Gasteiger partial charge in [0.1, 0.15) is 5.82 Å². The van der Waals surface area contributed by atoms with Crippen LogP contribution in [0, 0.1) is 12.7 Å². The fraction of sp³-hybridized carbons (Fsp3) is 0.357. The highest BCUT2D eigenvalue weighted by molar-refractivity contribution is 6.05. The van der Waals surface area contributed by atoms with Crippen LogP contribution in [0.2, 0.25) is 0 Å². The first-order valence-electron chi connectivity index (χ1n) is 5.72. The Hall–Kier alpha value is -1.64. The van der Waals surface area contributed by atoms with Gasteiger partial charge >= 0.3 is 0 Å². The maximum absolute atomic E-state index is 13.5. The molecule has 1 aromatic rings. The van der Waals surface area contributed by atoms with Gasteiger partial charge in [0.2, 0.25) is 0 Å². The third-order valence-electron chi connectivity index (χ3n) is 2.80. The van der Waals surface area contributed by atoms with Gasteiger partial charge in [0, 0.05) is 17.8 Å². The maximum atomic E-state index is 13.5. The molecule has 0 aliphatic heterocycles. The first kappa shape index (κ1) is 13.4. The van der Waals surface area contributed by atoms with Crippen LogP contribution in [0.1, 0.15) is 26.3 Å². The van der Waals surface area contributed by atoms with Gasteiger partial charge in [-0.05, 0) is 45.4 Å². The number of nitrogens with zero attached hydrogens (tertiary/aromatic N) is 1. The van der Waals surface area contributed by atoms with Gasteiger partial charge in [0.15, 0.2) is 0 Å². The van der Waals surface area contributed by atoms with Gasteiger partial charge in [-0.25, -0.2) is 4.39 Å². The number of hydrogen-bond acceptors (Lipinski definition) is 1. The van der Waals surface area contributed by atoms with Crippen molar-refractivity contribution in [1.82, 2.24) is 0 Å². The van der Waals surface area contributed by atoms with E-state index >= 15 is 0 Å². The Morgan fingerprint density at radius 2 is 2.12 bits per heavy atom. The van der Waals surface area contributed by atoms with E-state index in [-0.39, 0.29) is 11.7 Å². The topological polar surface area (TPSA) is 20.3 Å². The predicted octanol–water partition coefficient (Wildman–Crippen LogP) is 3.45. The summed E-state index contributed by atoms with van der Waals surface area (Å²) in [6, 6.07) is 4.86. The van der Waals surface area contributed by atoms with Crippen LogP contribution in [0.3, 0.4) is 0 Å². The van der Waals surface area contributed by atoms with Crippen molar-refractivity contribution < 1.29 is 9.18 Å². The van der Waals surface area contributed by atoms with Crippen molar-refractivity contribution in [2.45, 2.75) is 27.7 Å². The number of anilines is 1. The van der Waals surface area contributed by atoms with Crippen LogP contribution in [-0.4, -0.2) is 12.5 Å². The molecule has 0 N–H and O–H groups in total. The molecule has 1 aromatic carbocycles. The third kappa shape index (κ3) is 2.93. The van der Waals surface area contributed by atoms with Gasteiger partial charge in [-0.1, -0.05) is 12.1 Å². The van der Waals surface area contributed by atoms with Gasteiger partial charge < -0.3 is 4.90 Å². The van der Waals surface area contributed by atoms with Crippen molar-refractivity contribution in [3.8, 4) is 0 Å². The maximum Gasteiger partial charge on any atom is 0.253 e. The summed E-state index contributed by atoms with van der Waals surface area (Å²) in [4.78, 5) is 13.6. The minimum atomic E-state index is -0.285. The van der Waals surface area contributed by atoms with Gasteiger partial charge in [-0.2, -0.15) is 0 Å². The molecule has 0 atom stereocenters. The Labute approximate surface area is 102 Å². The van der Waals surface area contributed by atoms with Crippen molar-refractivity contribution in [2.24, 2.45) is 0 Å². The third-order valence-corrected chi connectivity index (χ3v) is 2.80. The van der Waals surface area contributed by atoms with Crippen LogP contribution in [0.25, 0.3) is 0 Å². The molecule has 92 valence electrons. The smallest absolute Gasteiger partial charge is 0.253 e. The average Bonchev–Trinajstić information content (AvgIpc) is 2.33. The van der Waals surface area contributed by atoms with Crippen LogP contribution in [0.4, 0.5) is 10.1 Å². The number of aryl methyl sites for hydroxylation is 1. The highest BCUT2D eigenvalue weighted by atomic mass is 19.1. The van der Waals surface area contributed by atoms with E-state index in [4.69, 9.17) is 0 Å². The van der Waals surface area contributed by atoms with Crippen LogP contribution in [0.5, 0.6) is 0 Å². The first-order valence-corrected chi connectivity index (χ1v) is 5.72. The second-order valence-corrected chi connectivity index (χ2v) is 3.95. The second-order valence-electron chi connectivity index (χ2n) is 3.95. The summed E-state index contributed by atoms with van der Waals surface area (Å²) in [6.07, 6.45) is 1.76. The SMILES string of the molecule is C/C=C(/C)C(=O)N(CC)c1ccc(C)c(F)c1. The molecular weight excluding hydrogens is 217 g/mol. The molecule has 0 fully saturated rings. The molecular formula is C14H18FNO. The van der Waals surface area contributed by atoms with Crippen LogP contribution in [-0.2, 0) is 4.79 Å². The van der Waals surface area contributed by atoms with E-state index in [2.05, 4.69) is 0 Å². The van der Waals surface area contributed by atoms with E-state index in [1.54, 1.807) is 37.0 Å². The molecule has 0 aromatic heterocycles. The largest absolute Gasteiger partial charge is 0.309 e. The lowest BCUT2D eigenvalue weighted by molar-refractivity contribution is -0.115. The molecule has 2 nitrogen and oxygen atoms in total. The Kier molecular flexibility index (Phi) is 4.44. The molecule has 0 unspecified atom stereocenters. The minimum Gasteiger partial charge on any atom is -0.309 e. The van der Waals surface area contributed by atoms with E-state index in [1.165, 1.54) is 6.07 Å². The normalized spacial score (nSPS) is 11.5. The first-order chi connectivity index (χ1) is 8.01. The quantitative estimate of drug-likeness (QED) is 0.735. The molecule has 0 spiro atoms. The zero-order valence-corrected chi connectivity index (χ0v) is 10.7. The summed E-state index contributed by atoms with van der Waals surface area (Å²) in [5.74, 6) is -0.370. The van der Waals surface area contributed by atoms with Crippen molar-refractivity contribution in [2.75, 3.05) is 11.4 Å². The summed E-state index contributed by atoms with van der Waals surface area (Å²) in [6.45, 7) is 7.67. The molecule has 1 rings (SSSR count). The highest BCUT2D eigenvalue weighted by Crippen LogP contribution is 2.19. The Bertz CT molecular complexity index is 452. The number of benzene rings is 1. The fourth-order valence-electron chi connectivity index (χ4n) is 1.53. The van der Waals surface area contributed by atoms with Gasteiger partial charge in [-0.3, -0.25) is 4.79 Å². The number of halogens is 1. The monoisotopic (exact) mass is 235 g/mol. The number of amides is 1. The molecule has 1 amide bonds. The zero-order valence-electron chi connectivity index (χ0n) is 10.7. The molecule has 0 saturated carbocycles. The summed E-state index contributed by atoms with van der Waals surface area (Å²) >= 11 is 0. The van der Waals surface area contributed by atoms with Crippen molar-refractivity contribution in [3.05, 3.63) is 41.2 Å². The Morgan fingerprint density at radius 1 is 1.47 bits per heavy atom. The van der Waals surface area contributed by atoms with Crippen molar-refractivity contribution in [3.63, 3.8) is 0 Å². The van der Waals surface area contributed by atoms with Crippen molar-refractivity contribution >= 4 is 11.6 Å². The van der Waals surface area contributed by atoms with Crippen molar-refractivity contribution in [1.29, 1.82) is 0 Å². The molecule has 0 aliphatic rings. The van der Waals surface area contributed by atoms with Gasteiger partial charge in [0.05, 0.1) is 0 Å². The standard InChI is InChI=1S/C14H18FNO/c1-5-10(3)14(17)16(6-2)12-8-7-11(4)13(15)9-12/h5,7-9H,6H2,1-4H3/b10-5-. The zero-order chi connectivity index (χ0) is 13.0. The molecule has 0 saturated heterocycles. The Balaban J connectivity index is 3.10. The summed E-state index contributed by atoms with van der Waals surface area (Å²) in [7, 11) is 0. The predicted molar refractivity (Wildman–Crippen MR) is 68.6 cm³/mol. The number of allylic oxidation sites excluding steroid dienone is 1. The average molecular weight is 235 g/mol. The number of likely N-dealkylation sites (N-methyl/N-ethyl adjacent to an activating group) is 1. The lowest BCUT2D eigenvalue weighted by atomic mass is 10.1. The number of hydrogen-bond donors (Lipinski definition) is 0. The van der Waals surface area contributed by atoms with E-state index in [9.17, 15) is 9.18 Å². The highest BCUT2D eigenvalue weighted by Gasteiger charge is 2.15. The van der Waals surface area contributed by atoms with Crippen LogP contribution >= 0.6 is 0 Å². The molecule has 0 heterocycles. The number of carbonyl (C=O) groups excluding carboxylic acids is 1. The van der Waals surface area contributed by atoms with Gasteiger partial charge in [-0.15, -0.1) is 0 Å². The fourth-order valence-corrected chi connectivity index (χ4v) is 1.53. The molecule has 0 bridgehead atoms. The van der Waals surface area contributed by atoms with Crippen LogP contribution < -0.4 is 4.90 Å². The molecule has 3 heteroatoms. The lowest BCUT2D eigenvalue weighted by Crippen LogP contribution is -2.31. The minimum absolute atomic E-state index is 0.0850. The molecule has 0 aliphatic carbocycles. The number of carbonyl (C=O) groups is 1. The Morgan fingerprint density at radius 3 is 2.59 bits per heavy atom. The van der Waals surface area contributed by atoms with E-state index in [0.717, 1.165) is 0 Å². The molecule has 17 heavy (non-hydrogen) atoms. The van der Waals surface area contributed by atoms with E-state index < -0.39 is 0 Å². The molecule has 0 radical (unpaired) electrons. The van der Waals surface area contributed by atoms with E-state index in [0.29, 0.717) is 23.4 Å².